The van der Waals surface area contributed by atoms with E-state index in [1.807, 2.05) is 13.8 Å². The van der Waals surface area contributed by atoms with Crippen molar-refractivity contribution < 1.29 is 14.4 Å². The van der Waals surface area contributed by atoms with Gasteiger partial charge in [-0.05, 0) is 37.5 Å². The van der Waals surface area contributed by atoms with E-state index >= 15 is 0 Å². The Labute approximate surface area is 117 Å². The Bertz CT molecular complexity index is 608. The van der Waals surface area contributed by atoms with Gasteiger partial charge in [0.05, 0.1) is 11.4 Å². The van der Waals surface area contributed by atoms with E-state index < -0.39 is 5.41 Å². The van der Waals surface area contributed by atoms with Gasteiger partial charge in [0, 0.05) is 0 Å². The number of benzene rings is 1. The van der Waals surface area contributed by atoms with Crippen molar-refractivity contribution in [2.75, 3.05) is 4.90 Å². The number of isocyanates is 1. The Kier molecular flexibility index (Phi) is 3.55. The van der Waals surface area contributed by atoms with Gasteiger partial charge in [0.2, 0.25) is 17.9 Å². The van der Waals surface area contributed by atoms with E-state index in [0.29, 0.717) is 29.8 Å². The molecule has 2 rings (SSSR count). The minimum Gasteiger partial charge on any atom is -0.273 e. The van der Waals surface area contributed by atoms with Crippen LogP contribution in [0.4, 0.5) is 11.4 Å². The standard InChI is InChI=1S/C15H16N2O3/c1-4-15(5-2)13(19)17(14(15)20)12-8-6-7-11(10(12)3)16-9-18/h6-8H,4-5H2,1-3H3. The maximum atomic E-state index is 12.4. The van der Waals surface area contributed by atoms with Gasteiger partial charge in [-0.3, -0.25) is 9.59 Å². The zero-order chi connectivity index (χ0) is 14.9. The molecular formula is C15H16N2O3. The van der Waals surface area contributed by atoms with E-state index in [2.05, 4.69) is 4.99 Å². The Morgan fingerprint density at radius 2 is 1.80 bits per heavy atom. The first-order chi connectivity index (χ1) is 9.53. The van der Waals surface area contributed by atoms with Crippen LogP contribution in [0.2, 0.25) is 0 Å². The molecule has 0 aromatic heterocycles. The summed E-state index contributed by atoms with van der Waals surface area (Å²) in [6.45, 7) is 5.41. The van der Waals surface area contributed by atoms with Crippen molar-refractivity contribution in [3.05, 3.63) is 23.8 Å². The number of hydrogen-bond donors (Lipinski definition) is 0. The Balaban J connectivity index is 2.46. The molecule has 0 aliphatic carbocycles. The first-order valence-corrected chi connectivity index (χ1v) is 6.60. The number of imide groups is 1. The van der Waals surface area contributed by atoms with Gasteiger partial charge in [-0.15, -0.1) is 0 Å². The van der Waals surface area contributed by atoms with Gasteiger partial charge in [-0.1, -0.05) is 19.9 Å². The highest BCUT2D eigenvalue weighted by Gasteiger charge is 2.59. The van der Waals surface area contributed by atoms with Gasteiger partial charge < -0.3 is 0 Å². The van der Waals surface area contributed by atoms with E-state index in [0.717, 1.165) is 0 Å². The highest BCUT2D eigenvalue weighted by atomic mass is 16.2. The average molecular weight is 272 g/mol. The molecule has 0 bridgehead atoms. The monoisotopic (exact) mass is 272 g/mol. The van der Waals surface area contributed by atoms with Crippen molar-refractivity contribution in [3.63, 3.8) is 0 Å². The van der Waals surface area contributed by atoms with Crippen LogP contribution in [0.3, 0.4) is 0 Å². The molecule has 5 heteroatoms. The van der Waals surface area contributed by atoms with Gasteiger partial charge >= 0.3 is 0 Å². The summed E-state index contributed by atoms with van der Waals surface area (Å²) in [4.78, 5) is 39.9. The Hall–Kier alpha value is -2.26. The van der Waals surface area contributed by atoms with Crippen molar-refractivity contribution in [3.8, 4) is 0 Å². The van der Waals surface area contributed by atoms with Crippen LogP contribution in [0, 0.1) is 12.3 Å². The molecule has 20 heavy (non-hydrogen) atoms. The van der Waals surface area contributed by atoms with Crippen LogP contribution in [-0.4, -0.2) is 17.9 Å². The topological polar surface area (TPSA) is 66.8 Å². The van der Waals surface area contributed by atoms with Crippen LogP contribution in [0.25, 0.3) is 0 Å². The maximum Gasteiger partial charge on any atom is 0.249 e. The lowest BCUT2D eigenvalue weighted by atomic mass is 9.72. The van der Waals surface area contributed by atoms with E-state index in [1.165, 1.54) is 11.0 Å². The third-order valence-corrected chi connectivity index (χ3v) is 4.12. The summed E-state index contributed by atoms with van der Waals surface area (Å²) in [5, 5.41) is 0. The molecule has 1 aromatic rings. The fourth-order valence-electron chi connectivity index (χ4n) is 2.66. The molecule has 1 aliphatic heterocycles. The van der Waals surface area contributed by atoms with E-state index in [4.69, 9.17) is 0 Å². The van der Waals surface area contributed by atoms with Gasteiger partial charge in [0.1, 0.15) is 5.41 Å². The minimum absolute atomic E-state index is 0.178. The Morgan fingerprint density at radius 3 is 2.30 bits per heavy atom. The van der Waals surface area contributed by atoms with Crippen LogP contribution in [0.5, 0.6) is 0 Å². The summed E-state index contributed by atoms with van der Waals surface area (Å²) in [5.41, 5.74) is 0.659. The van der Waals surface area contributed by atoms with Crippen LogP contribution in [-0.2, 0) is 14.4 Å². The van der Waals surface area contributed by atoms with Crippen LogP contribution in [0.15, 0.2) is 23.2 Å². The molecule has 0 unspecified atom stereocenters. The van der Waals surface area contributed by atoms with E-state index in [-0.39, 0.29) is 11.8 Å². The molecule has 1 aromatic carbocycles. The molecule has 0 spiro atoms. The van der Waals surface area contributed by atoms with Gasteiger partial charge in [0.25, 0.3) is 0 Å². The second-order valence-electron chi connectivity index (χ2n) is 4.86. The zero-order valence-corrected chi connectivity index (χ0v) is 11.8. The lowest BCUT2D eigenvalue weighted by molar-refractivity contribution is -0.153. The molecule has 0 atom stereocenters. The van der Waals surface area contributed by atoms with Crippen molar-refractivity contribution in [2.24, 2.45) is 10.4 Å². The van der Waals surface area contributed by atoms with Crippen molar-refractivity contribution in [1.29, 1.82) is 0 Å². The molecule has 1 fully saturated rings. The molecule has 1 aliphatic rings. The van der Waals surface area contributed by atoms with Crippen LogP contribution >= 0.6 is 0 Å². The highest BCUT2D eigenvalue weighted by Crippen LogP contribution is 2.44. The van der Waals surface area contributed by atoms with Crippen molar-refractivity contribution in [1.82, 2.24) is 0 Å². The first kappa shape index (κ1) is 14.2. The fourth-order valence-corrected chi connectivity index (χ4v) is 2.66. The van der Waals surface area contributed by atoms with Crippen molar-refractivity contribution >= 4 is 29.3 Å². The number of carbonyl (C=O) groups is 2. The molecule has 104 valence electrons. The second-order valence-corrected chi connectivity index (χ2v) is 4.86. The molecule has 2 amide bonds. The van der Waals surface area contributed by atoms with E-state index in [1.54, 1.807) is 25.1 Å². The number of carbonyl (C=O) groups excluding carboxylic acids is 3. The summed E-state index contributed by atoms with van der Waals surface area (Å²) < 4.78 is 0. The summed E-state index contributed by atoms with van der Waals surface area (Å²) in [6, 6.07) is 4.99. The predicted molar refractivity (Wildman–Crippen MR) is 74.5 cm³/mol. The number of rotatable bonds is 4. The molecule has 0 N–H and O–H groups in total. The van der Waals surface area contributed by atoms with Crippen LogP contribution < -0.4 is 4.90 Å². The number of amides is 2. The van der Waals surface area contributed by atoms with Gasteiger partial charge in [0.15, 0.2) is 0 Å². The summed E-state index contributed by atoms with van der Waals surface area (Å²) in [7, 11) is 0. The van der Waals surface area contributed by atoms with E-state index in [9.17, 15) is 14.4 Å². The summed E-state index contributed by atoms with van der Waals surface area (Å²) >= 11 is 0. The smallest absolute Gasteiger partial charge is 0.249 e. The number of anilines is 1. The molecule has 0 radical (unpaired) electrons. The lowest BCUT2D eigenvalue weighted by Gasteiger charge is -2.45. The number of nitrogens with zero attached hydrogens (tertiary/aromatic N) is 2. The molecule has 0 saturated carbocycles. The third kappa shape index (κ3) is 1.71. The fraction of sp³-hybridized carbons (Fsp3) is 0.400. The molecule has 1 saturated heterocycles. The largest absolute Gasteiger partial charge is 0.273 e. The second kappa shape index (κ2) is 5.02. The van der Waals surface area contributed by atoms with Gasteiger partial charge in [-0.25, -0.2) is 9.69 Å². The van der Waals surface area contributed by atoms with Crippen molar-refractivity contribution in [2.45, 2.75) is 33.6 Å². The molecule has 5 nitrogen and oxygen atoms in total. The summed E-state index contributed by atoms with van der Waals surface area (Å²) in [6.07, 6.45) is 2.48. The Morgan fingerprint density at radius 1 is 1.20 bits per heavy atom. The minimum atomic E-state index is -0.879. The average Bonchev–Trinajstić information content (AvgIpc) is 2.45. The molecular weight excluding hydrogens is 256 g/mol. The third-order valence-electron chi connectivity index (χ3n) is 4.12. The molecule has 1 heterocycles. The SMILES string of the molecule is CCC1(CC)C(=O)N(c2cccc(N=C=O)c2C)C1=O. The summed E-state index contributed by atoms with van der Waals surface area (Å²) in [5.74, 6) is -0.356. The predicted octanol–water partition coefficient (Wildman–Crippen LogP) is 2.64. The number of β-lactam (4-membered cyclic amide) rings is 2. The lowest BCUT2D eigenvalue weighted by Crippen LogP contribution is -2.66. The van der Waals surface area contributed by atoms with Gasteiger partial charge in [-0.2, -0.15) is 4.99 Å². The quantitative estimate of drug-likeness (QED) is 0.366. The first-order valence-electron chi connectivity index (χ1n) is 6.60. The number of hydrogen-bond acceptors (Lipinski definition) is 4. The normalized spacial score (nSPS) is 16.6. The maximum absolute atomic E-state index is 12.4. The number of aliphatic imine (C=N–C) groups is 1. The zero-order valence-electron chi connectivity index (χ0n) is 11.8. The highest BCUT2D eigenvalue weighted by molar-refractivity contribution is 6.36. The van der Waals surface area contributed by atoms with Crippen LogP contribution in [0.1, 0.15) is 32.3 Å².